The van der Waals surface area contributed by atoms with Crippen LogP contribution in [0.5, 0.6) is 0 Å². The first-order valence-electron chi connectivity index (χ1n) is 2.38. The minimum atomic E-state index is 0. The largest absolute Gasteiger partial charge is 1.00 e. The second kappa shape index (κ2) is 16.2. The molecule has 4 heteroatoms. The van der Waals surface area contributed by atoms with Gasteiger partial charge in [-0.2, -0.15) is 5.75 Å². The van der Waals surface area contributed by atoms with Crippen LogP contribution in [0.4, 0.5) is 0 Å². The average molecular weight is 173 g/mol. The molecule has 0 N–H and O–H groups in total. The summed E-state index contributed by atoms with van der Waals surface area (Å²) >= 11 is 4.39. The van der Waals surface area contributed by atoms with Gasteiger partial charge >= 0.3 is 51.4 Å². The molecule has 0 aliphatic rings. The first-order chi connectivity index (χ1) is 3.68. The van der Waals surface area contributed by atoms with Crippen molar-refractivity contribution in [2.24, 2.45) is 0 Å². The van der Waals surface area contributed by atoms with Gasteiger partial charge in [0, 0.05) is 14.1 Å². The van der Waals surface area contributed by atoms with E-state index in [-0.39, 0.29) is 51.4 Å². The number of hydrogen-bond acceptors (Lipinski definition) is 2. The third-order valence-corrected chi connectivity index (χ3v) is 0.211. The van der Waals surface area contributed by atoms with Crippen LogP contribution in [0.3, 0.4) is 0 Å². The fraction of sp³-hybridized carbons (Fsp3) is 0.800. The average Bonchev–Trinajstić information content (AvgIpc) is 1.69. The molecule has 0 fully saturated rings. The maximum absolute atomic E-state index is 9.43. The topological polar surface area (TPSA) is 20.3 Å². The summed E-state index contributed by atoms with van der Waals surface area (Å²) in [4.78, 5) is 10.9. The Labute approximate surface area is 105 Å². The van der Waals surface area contributed by atoms with Gasteiger partial charge in [0.05, 0.1) is 0 Å². The molecular formula is C5H12KNOS. The summed E-state index contributed by atoms with van der Waals surface area (Å²) in [6.07, 6.45) is 0.750. The van der Waals surface area contributed by atoms with Crippen molar-refractivity contribution in [3.8, 4) is 0 Å². The van der Waals surface area contributed by atoms with E-state index in [2.05, 4.69) is 12.6 Å². The van der Waals surface area contributed by atoms with Crippen molar-refractivity contribution >= 4 is 19.0 Å². The summed E-state index contributed by atoms with van der Waals surface area (Å²) in [5, 5.41) is 0. The molecule has 1 amide bonds. The summed E-state index contributed by atoms with van der Waals surface area (Å²) in [5.41, 5.74) is 0. The van der Waals surface area contributed by atoms with Crippen LogP contribution in [0.15, 0.2) is 0 Å². The molecule has 0 aromatic heterocycles. The molecule has 9 heavy (non-hydrogen) atoms. The van der Waals surface area contributed by atoms with Crippen molar-refractivity contribution in [1.82, 2.24) is 4.90 Å². The summed E-state index contributed by atoms with van der Waals surface area (Å²) in [7, 11) is 3.38. The Balaban J connectivity index is -0.0000000800. The number of nitrogens with zero attached hydrogens (tertiary/aromatic N) is 1. The predicted octanol–water partition coefficient (Wildman–Crippen LogP) is -2.74. The fourth-order valence-corrected chi connectivity index (χ4v) is 0. The molecule has 0 heterocycles. The van der Waals surface area contributed by atoms with Gasteiger partial charge in [0.2, 0.25) is 6.41 Å². The van der Waals surface area contributed by atoms with Crippen molar-refractivity contribution in [2.45, 2.75) is 6.92 Å². The molecule has 0 aliphatic heterocycles. The van der Waals surface area contributed by atoms with Crippen LogP contribution < -0.4 is 51.4 Å². The standard InChI is InChI=1S/C3H7NO.C2H6S.K/c1-4(2)3-5;1-2-3;/h3H,1-2H3;3H,2H2,1H3;/q;;+1/p-1. The Hall–Kier alpha value is 1.46. The van der Waals surface area contributed by atoms with Crippen molar-refractivity contribution in [1.29, 1.82) is 0 Å². The molecule has 0 aromatic carbocycles. The molecule has 0 saturated carbocycles. The molecular weight excluding hydrogens is 161 g/mol. The zero-order chi connectivity index (χ0) is 6.99. The molecule has 0 unspecified atom stereocenters. The molecule has 0 bridgehead atoms. The molecule has 0 aliphatic carbocycles. The molecule has 0 spiro atoms. The van der Waals surface area contributed by atoms with E-state index in [1.165, 1.54) is 4.90 Å². The first-order valence-corrected chi connectivity index (χ1v) is 2.96. The molecule has 0 saturated heterocycles. The van der Waals surface area contributed by atoms with Gasteiger partial charge in [-0.1, -0.05) is 6.92 Å². The predicted molar refractivity (Wildman–Crippen MR) is 37.7 cm³/mol. The number of hydrogen-bond donors (Lipinski definition) is 0. The number of carbonyl (C=O) groups is 1. The van der Waals surface area contributed by atoms with Crippen LogP contribution >= 0.6 is 0 Å². The van der Waals surface area contributed by atoms with Crippen LogP contribution in [0.1, 0.15) is 6.92 Å². The third kappa shape index (κ3) is 44.0. The van der Waals surface area contributed by atoms with Gasteiger partial charge in [0.1, 0.15) is 0 Å². The van der Waals surface area contributed by atoms with Gasteiger partial charge in [0.25, 0.3) is 0 Å². The second-order valence-corrected chi connectivity index (χ2v) is 1.94. The van der Waals surface area contributed by atoms with E-state index < -0.39 is 0 Å². The molecule has 0 atom stereocenters. The summed E-state index contributed by atoms with van der Waals surface area (Å²) in [6, 6.07) is 0. The van der Waals surface area contributed by atoms with Gasteiger partial charge in [-0.05, 0) is 0 Å². The minimum Gasteiger partial charge on any atom is -0.793 e. The van der Waals surface area contributed by atoms with Gasteiger partial charge in [0.15, 0.2) is 0 Å². The Kier molecular flexibility index (Phi) is 30.3. The normalized spacial score (nSPS) is 5.78. The van der Waals surface area contributed by atoms with Crippen molar-refractivity contribution in [2.75, 3.05) is 19.8 Å². The minimum absolute atomic E-state index is 0. The van der Waals surface area contributed by atoms with E-state index >= 15 is 0 Å². The fourth-order valence-electron chi connectivity index (χ4n) is 0. The molecule has 0 rings (SSSR count). The number of carbonyl (C=O) groups excluding carboxylic acids is 1. The Morgan fingerprint density at radius 2 is 1.67 bits per heavy atom. The van der Waals surface area contributed by atoms with Gasteiger partial charge in [-0.3, -0.25) is 4.79 Å². The Bertz CT molecular complexity index is 52.2. The molecule has 50 valence electrons. The van der Waals surface area contributed by atoms with Crippen LogP contribution in [0, 0.1) is 0 Å². The van der Waals surface area contributed by atoms with E-state index in [1.807, 2.05) is 6.92 Å². The Morgan fingerprint density at radius 3 is 1.67 bits per heavy atom. The van der Waals surface area contributed by atoms with Gasteiger partial charge in [-0.15, -0.1) is 0 Å². The van der Waals surface area contributed by atoms with Gasteiger partial charge < -0.3 is 17.5 Å². The van der Waals surface area contributed by atoms with Crippen molar-refractivity contribution in [3.63, 3.8) is 0 Å². The van der Waals surface area contributed by atoms with E-state index in [0.717, 1.165) is 12.2 Å². The SMILES string of the molecule is CC[S-].CN(C)C=O.[K+]. The number of amides is 1. The quantitative estimate of drug-likeness (QED) is 0.244. The van der Waals surface area contributed by atoms with Crippen LogP contribution in [0.25, 0.3) is 0 Å². The first kappa shape index (κ1) is 16.8. The molecule has 0 aromatic rings. The van der Waals surface area contributed by atoms with Crippen LogP contribution in [0.2, 0.25) is 0 Å². The molecule has 0 radical (unpaired) electrons. The smallest absolute Gasteiger partial charge is 0.793 e. The zero-order valence-electron chi connectivity index (χ0n) is 6.55. The summed E-state index contributed by atoms with van der Waals surface area (Å²) in [6.45, 7) is 1.94. The Morgan fingerprint density at radius 1 is 1.56 bits per heavy atom. The third-order valence-electron chi connectivity index (χ3n) is 0.211. The maximum Gasteiger partial charge on any atom is 1.00 e. The van der Waals surface area contributed by atoms with E-state index in [1.54, 1.807) is 14.1 Å². The van der Waals surface area contributed by atoms with E-state index in [0.29, 0.717) is 0 Å². The second-order valence-electron chi connectivity index (χ2n) is 1.36. The monoisotopic (exact) mass is 173 g/mol. The van der Waals surface area contributed by atoms with E-state index in [9.17, 15) is 4.79 Å². The van der Waals surface area contributed by atoms with Crippen molar-refractivity contribution < 1.29 is 56.2 Å². The molecule has 2 nitrogen and oxygen atoms in total. The van der Waals surface area contributed by atoms with Crippen LogP contribution in [-0.4, -0.2) is 31.2 Å². The maximum atomic E-state index is 9.43. The van der Waals surface area contributed by atoms with Gasteiger partial charge in [-0.25, -0.2) is 0 Å². The summed E-state index contributed by atoms with van der Waals surface area (Å²) in [5.74, 6) is 0.833. The zero-order valence-corrected chi connectivity index (χ0v) is 10.5. The number of rotatable bonds is 1. The van der Waals surface area contributed by atoms with Crippen molar-refractivity contribution in [3.05, 3.63) is 0 Å². The van der Waals surface area contributed by atoms with E-state index in [4.69, 9.17) is 0 Å². The van der Waals surface area contributed by atoms with Crippen LogP contribution in [-0.2, 0) is 17.4 Å². The summed E-state index contributed by atoms with van der Waals surface area (Å²) < 4.78 is 0.